The Morgan fingerprint density at radius 1 is 1.16 bits per heavy atom. The van der Waals surface area contributed by atoms with Crippen molar-refractivity contribution in [2.45, 2.75) is 52.5 Å². The van der Waals surface area contributed by atoms with Crippen LogP contribution in [0.1, 0.15) is 39.8 Å². The first-order valence-electron chi connectivity index (χ1n) is 10.5. The maximum Gasteiger partial charge on any atom is 0.277 e. The monoisotopic (exact) mass is 447 g/mol. The lowest BCUT2D eigenvalue weighted by molar-refractivity contribution is 0.318. The first-order valence-corrected chi connectivity index (χ1v) is 12.0. The highest BCUT2D eigenvalue weighted by molar-refractivity contribution is 7.89. The molecular formula is C21H29N5O4S. The second kappa shape index (κ2) is 9.19. The first kappa shape index (κ1) is 23.0. The lowest BCUT2D eigenvalue weighted by Gasteiger charge is -2.19. The molecule has 31 heavy (non-hydrogen) atoms. The normalized spacial score (nSPS) is 12.1. The Balaban J connectivity index is 2.25. The molecule has 0 unspecified atom stereocenters. The van der Waals surface area contributed by atoms with Crippen LogP contribution in [0.3, 0.4) is 0 Å². The van der Waals surface area contributed by atoms with Crippen molar-refractivity contribution in [3.05, 3.63) is 34.2 Å². The number of fused-ring (bicyclic) bond motifs is 1. The Kier molecular flexibility index (Phi) is 6.80. The topological polar surface area (TPSA) is 110 Å². The van der Waals surface area contributed by atoms with Crippen molar-refractivity contribution in [1.82, 2.24) is 24.1 Å². The van der Waals surface area contributed by atoms with E-state index in [9.17, 15) is 13.2 Å². The highest BCUT2D eigenvalue weighted by Gasteiger charge is 2.24. The second-order valence-corrected chi connectivity index (χ2v) is 9.05. The fraction of sp³-hybridized carbons (Fsp3) is 0.476. The van der Waals surface area contributed by atoms with Crippen LogP contribution in [0.25, 0.3) is 22.4 Å². The van der Waals surface area contributed by atoms with Crippen LogP contribution < -0.4 is 10.3 Å². The van der Waals surface area contributed by atoms with Crippen molar-refractivity contribution in [3.63, 3.8) is 0 Å². The standard InChI is InChI=1S/C21H29N5O4S/c1-6-12-30-17-11-10-15(31(28,29)25(7-2)8-3)13-16(17)20-22-18-14(5)24-26(9-4)19(18)21(27)23-20/h10-11,13H,6-9,12H2,1-5H3,(H,22,23,27). The fourth-order valence-corrected chi connectivity index (χ4v) is 4.98. The Morgan fingerprint density at radius 2 is 1.87 bits per heavy atom. The molecule has 0 aliphatic carbocycles. The quantitative estimate of drug-likeness (QED) is 0.540. The van der Waals surface area contributed by atoms with Crippen LogP contribution in [-0.4, -0.2) is 52.2 Å². The number of benzene rings is 1. The molecule has 9 nitrogen and oxygen atoms in total. The summed E-state index contributed by atoms with van der Waals surface area (Å²) in [4.78, 5) is 20.4. The molecule has 0 aliphatic rings. The highest BCUT2D eigenvalue weighted by Crippen LogP contribution is 2.32. The Bertz CT molecular complexity index is 1240. The zero-order chi connectivity index (χ0) is 22.8. The number of rotatable bonds is 9. The fourth-order valence-electron chi connectivity index (χ4n) is 3.50. The summed E-state index contributed by atoms with van der Waals surface area (Å²) in [6.07, 6.45) is 0.782. The van der Waals surface area contributed by atoms with E-state index in [2.05, 4.69) is 15.1 Å². The number of hydrogen-bond donors (Lipinski definition) is 1. The van der Waals surface area contributed by atoms with Gasteiger partial charge in [-0.25, -0.2) is 13.4 Å². The summed E-state index contributed by atoms with van der Waals surface area (Å²) in [6, 6.07) is 4.66. The van der Waals surface area contributed by atoms with E-state index in [-0.39, 0.29) is 16.3 Å². The van der Waals surface area contributed by atoms with Crippen LogP contribution in [-0.2, 0) is 16.6 Å². The van der Waals surface area contributed by atoms with Gasteiger partial charge in [0.1, 0.15) is 17.1 Å². The van der Waals surface area contributed by atoms with Gasteiger partial charge in [-0.2, -0.15) is 9.40 Å². The van der Waals surface area contributed by atoms with E-state index in [0.29, 0.717) is 54.3 Å². The van der Waals surface area contributed by atoms with Crippen molar-refractivity contribution in [1.29, 1.82) is 0 Å². The van der Waals surface area contributed by atoms with Gasteiger partial charge in [-0.3, -0.25) is 9.48 Å². The largest absolute Gasteiger partial charge is 0.493 e. The highest BCUT2D eigenvalue weighted by atomic mass is 32.2. The molecule has 0 amide bonds. The number of hydrogen-bond acceptors (Lipinski definition) is 6. The molecule has 3 aromatic rings. The van der Waals surface area contributed by atoms with Crippen molar-refractivity contribution in [3.8, 4) is 17.1 Å². The molecule has 0 radical (unpaired) electrons. The molecule has 0 spiro atoms. The van der Waals surface area contributed by atoms with Gasteiger partial charge in [0.15, 0.2) is 5.52 Å². The molecule has 1 N–H and O–H groups in total. The van der Waals surface area contributed by atoms with Crippen molar-refractivity contribution >= 4 is 21.1 Å². The number of nitrogens with zero attached hydrogens (tertiary/aromatic N) is 4. The summed E-state index contributed by atoms with van der Waals surface area (Å²) in [5.41, 5.74) is 1.60. The van der Waals surface area contributed by atoms with Gasteiger partial charge in [0.05, 0.1) is 22.8 Å². The molecule has 0 fully saturated rings. The van der Waals surface area contributed by atoms with Crippen LogP contribution in [0.15, 0.2) is 27.9 Å². The third-order valence-electron chi connectivity index (χ3n) is 5.08. The second-order valence-electron chi connectivity index (χ2n) is 7.11. The van der Waals surface area contributed by atoms with Gasteiger partial charge >= 0.3 is 0 Å². The molecule has 0 bridgehead atoms. The van der Waals surface area contributed by atoms with Gasteiger partial charge in [-0.15, -0.1) is 0 Å². The zero-order valence-corrected chi connectivity index (χ0v) is 19.4. The van der Waals surface area contributed by atoms with E-state index < -0.39 is 10.0 Å². The molecule has 0 atom stereocenters. The van der Waals surface area contributed by atoms with E-state index in [1.54, 1.807) is 31.5 Å². The van der Waals surface area contributed by atoms with Gasteiger partial charge in [-0.1, -0.05) is 20.8 Å². The summed E-state index contributed by atoms with van der Waals surface area (Å²) in [6.45, 7) is 11.0. The Hall–Kier alpha value is -2.72. The minimum absolute atomic E-state index is 0.124. The van der Waals surface area contributed by atoms with E-state index in [1.807, 2.05) is 13.8 Å². The van der Waals surface area contributed by atoms with Gasteiger partial charge in [-0.05, 0) is 38.5 Å². The average molecular weight is 448 g/mol. The molecule has 168 valence electrons. The van der Waals surface area contributed by atoms with Crippen molar-refractivity contribution < 1.29 is 13.2 Å². The van der Waals surface area contributed by atoms with Crippen LogP contribution in [0, 0.1) is 6.92 Å². The van der Waals surface area contributed by atoms with Crippen LogP contribution in [0.2, 0.25) is 0 Å². The number of ether oxygens (including phenoxy) is 1. The molecular weight excluding hydrogens is 418 g/mol. The Labute approximate surface area is 182 Å². The summed E-state index contributed by atoms with van der Waals surface area (Å²) in [7, 11) is -3.69. The molecule has 0 saturated heterocycles. The zero-order valence-electron chi connectivity index (χ0n) is 18.6. The van der Waals surface area contributed by atoms with E-state index in [4.69, 9.17) is 4.74 Å². The Morgan fingerprint density at radius 3 is 2.48 bits per heavy atom. The minimum atomic E-state index is -3.69. The molecule has 0 saturated carbocycles. The smallest absolute Gasteiger partial charge is 0.277 e. The minimum Gasteiger partial charge on any atom is -0.493 e. The predicted molar refractivity (Wildman–Crippen MR) is 120 cm³/mol. The molecule has 10 heteroatoms. The summed E-state index contributed by atoms with van der Waals surface area (Å²) < 4.78 is 34.9. The molecule has 2 aromatic heterocycles. The summed E-state index contributed by atoms with van der Waals surface area (Å²) >= 11 is 0. The molecule has 0 aliphatic heterocycles. The summed E-state index contributed by atoms with van der Waals surface area (Å²) in [5.74, 6) is 0.710. The molecule has 2 heterocycles. The molecule has 3 rings (SSSR count). The number of aromatic amines is 1. The number of H-pyrrole nitrogens is 1. The van der Waals surface area contributed by atoms with Crippen LogP contribution >= 0.6 is 0 Å². The van der Waals surface area contributed by atoms with E-state index in [0.717, 1.165) is 6.42 Å². The average Bonchev–Trinajstić information content (AvgIpc) is 3.09. The molecule has 1 aromatic carbocycles. The lowest BCUT2D eigenvalue weighted by atomic mass is 10.2. The number of nitrogens with one attached hydrogen (secondary N) is 1. The third-order valence-corrected chi connectivity index (χ3v) is 7.12. The third kappa shape index (κ3) is 4.22. The first-order chi connectivity index (χ1) is 14.8. The van der Waals surface area contributed by atoms with Crippen molar-refractivity contribution in [2.24, 2.45) is 0 Å². The van der Waals surface area contributed by atoms with Crippen molar-refractivity contribution in [2.75, 3.05) is 19.7 Å². The predicted octanol–water partition coefficient (Wildman–Crippen LogP) is 2.93. The number of sulfonamides is 1. The number of aromatic nitrogens is 4. The van der Waals surface area contributed by atoms with E-state index in [1.165, 1.54) is 16.4 Å². The van der Waals surface area contributed by atoms with E-state index >= 15 is 0 Å². The van der Waals surface area contributed by atoms with Crippen LogP contribution in [0.4, 0.5) is 0 Å². The van der Waals surface area contributed by atoms with Gasteiger partial charge in [0.2, 0.25) is 10.0 Å². The number of aryl methyl sites for hydroxylation is 2. The van der Waals surface area contributed by atoms with Gasteiger partial charge < -0.3 is 9.72 Å². The van der Waals surface area contributed by atoms with Gasteiger partial charge in [0.25, 0.3) is 5.56 Å². The van der Waals surface area contributed by atoms with Gasteiger partial charge in [0, 0.05) is 19.6 Å². The SMILES string of the molecule is CCCOc1ccc(S(=O)(=O)N(CC)CC)cc1-c1nc2c(C)nn(CC)c2c(=O)[nH]1. The maximum atomic E-state index is 13.1. The van der Waals surface area contributed by atoms with Crippen LogP contribution in [0.5, 0.6) is 5.75 Å². The summed E-state index contributed by atoms with van der Waals surface area (Å²) in [5, 5.41) is 4.38. The maximum absolute atomic E-state index is 13.1. The lowest BCUT2D eigenvalue weighted by Crippen LogP contribution is -2.30.